The molecule has 5 rings (SSSR count). The number of likely N-dealkylation sites (tertiary alicyclic amines) is 1. The molecule has 0 aromatic heterocycles. The van der Waals surface area contributed by atoms with Gasteiger partial charge in [-0.1, -0.05) is 42.5 Å². The number of nitrogens with one attached hydrogen (secondary N) is 1. The predicted molar refractivity (Wildman–Crippen MR) is 145 cm³/mol. The topological polar surface area (TPSA) is 65.0 Å². The second-order valence-corrected chi connectivity index (χ2v) is 10.2. The molecule has 0 amide bonds. The fraction of sp³-hybridized carbons (Fsp3) is 0.419. The highest BCUT2D eigenvalue weighted by atomic mass is 16.5. The second kappa shape index (κ2) is 11.9. The molecule has 5 nitrogen and oxygen atoms in total. The number of aliphatic hydroxyl groups excluding tert-OH is 1. The Labute approximate surface area is 214 Å². The molecule has 3 aliphatic rings. The van der Waals surface area contributed by atoms with Crippen LogP contribution in [0.15, 0.2) is 77.9 Å². The van der Waals surface area contributed by atoms with Crippen LogP contribution in [0.2, 0.25) is 0 Å². The molecule has 190 valence electrons. The number of phenolic OH excluding ortho intramolecular Hbond substituents is 1. The fourth-order valence-electron chi connectivity index (χ4n) is 5.80. The molecule has 3 N–H and O–H groups in total. The summed E-state index contributed by atoms with van der Waals surface area (Å²) in [5.74, 6) is 2.76. The van der Waals surface area contributed by atoms with Gasteiger partial charge in [-0.25, -0.2) is 0 Å². The smallest absolute Gasteiger partial charge is 0.119 e. The van der Waals surface area contributed by atoms with Gasteiger partial charge in [-0.15, -0.1) is 0 Å². The van der Waals surface area contributed by atoms with Gasteiger partial charge < -0.3 is 20.3 Å². The van der Waals surface area contributed by atoms with E-state index in [-0.39, 0.29) is 12.4 Å². The number of nitrogens with zero attached hydrogens (tertiary/aromatic N) is 1. The molecule has 2 saturated heterocycles. The number of rotatable bonds is 10. The molecule has 0 bridgehead atoms. The van der Waals surface area contributed by atoms with Gasteiger partial charge in [-0.05, 0) is 103 Å². The van der Waals surface area contributed by atoms with Crippen molar-refractivity contribution in [3.8, 4) is 11.5 Å². The summed E-state index contributed by atoms with van der Waals surface area (Å²) in [6.07, 6.45) is 10.3. The molecule has 0 saturated carbocycles. The number of aromatic hydroxyl groups is 1. The van der Waals surface area contributed by atoms with Crippen molar-refractivity contribution in [2.45, 2.75) is 25.7 Å². The number of fused-ring (bicyclic) bond motifs is 1. The maximum Gasteiger partial charge on any atom is 0.119 e. The van der Waals surface area contributed by atoms with Gasteiger partial charge in [-0.3, -0.25) is 4.90 Å². The minimum atomic E-state index is 0.158. The summed E-state index contributed by atoms with van der Waals surface area (Å²) in [4.78, 5) is 2.54. The van der Waals surface area contributed by atoms with E-state index in [4.69, 9.17) is 4.74 Å². The van der Waals surface area contributed by atoms with Crippen molar-refractivity contribution in [2.75, 3.05) is 45.9 Å². The van der Waals surface area contributed by atoms with E-state index in [1.807, 2.05) is 12.1 Å². The van der Waals surface area contributed by atoms with Crippen LogP contribution in [0.4, 0.5) is 0 Å². The van der Waals surface area contributed by atoms with Gasteiger partial charge in [0, 0.05) is 26.2 Å². The van der Waals surface area contributed by atoms with E-state index in [0.717, 1.165) is 73.2 Å². The Balaban J connectivity index is 1.35. The van der Waals surface area contributed by atoms with Gasteiger partial charge in [0.25, 0.3) is 0 Å². The van der Waals surface area contributed by atoms with Crippen LogP contribution >= 0.6 is 0 Å². The molecule has 2 aromatic rings. The normalized spacial score (nSPS) is 22.3. The first kappa shape index (κ1) is 24.8. The fourth-order valence-corrected chi connectivity index (χ4v) is 5.80. The lowest BCUT2D eigenvalue weighted by Gasteiger charge is -2.20. The first-order valence-corrected chi connectivity index (χ1v) is 13.4. The van der Waals surface area contributed by atoms with Crippen LogP contribution in [-0.4, -0.2) is 61.1 Å². The van der Waals surface area contributed by atoms with Gasteiger partial charge in [0.15, 0.2) is 0 Å². The molecule has 1 aliphatic carbocycles. The van der Waals surface area contributed by atoms with Gasteiger partial charge in [0.2, 0.25) is 0 Å². The minimum Gasteiger partial charge on any atom is -0.508 e. The van der Waals surface area contributed by atoms with Crippen molar-refractivity contribution in [1.82, 2.24) is 10.2 Å². The van der Waals surface area contributed by atoms with Crippen molar-refractivity contribution in [1.29, 1.82) is 0 Å². The average molecular weight is 487 g/mol. The number of benzene rings is 2. The molecule has 2 aliphatic heterocycles. The summed E-state index contributed by atoms with van der Waals surface area (Å²) < 4.78 is 6.13. The molecule has 0 spiro atoms. The zero-order valence-electron chi connectivity index (χ0n) is 21.0. The van der Waals surface area contributed by atoms with Gasteiger partial charge in [-0.2, -0.15) is 0 Å². The van der Waals surface area contributed by atoms with Crippen LogP contribution < -0.4 is 10.1 Å². The molecule has 2 aromatic carbocycles. The van der Waals surface area contributed by atoms with Crippen LogP contribution in [0.5, 0.6) is 11.5 Å². The third kappa shape index (κ3) is 5.92. The maximum absolute atomic E-state index is 9.89. The first-order chi connectivity index (χ1) is 17.7. The molecular weight excluding hydrogens is 448 g/mol. The molecule has 5 heteroatoms. The average Bonchev–Trinajstić information content (AvgIpc) is 3.51. The third-order valence-electron chi connectivity index (χ3n) is 7.67. The van der Waals surface area contributed by atoms with Crippen LogP contribution in [0.3, 0.4) is 0 Å². The summed E-state index contributed by atoms with van der Waals surface area (Å²) in [7, 11) is 0. The predicted octanol–water partition coefficient (Wildman–Crippen LogP) is 4.77. The highest BCUT2D eigenvalue weighted by Gasteiger charge is 2.35. The highest BCUT2D eigenvalue weighted by molar-refractivity contribution is 5.85. The van der Waals surface area contributed by atoms with E-state index >= 15 is 0 Å². The van der Waals surface area contributed by atoms with E-state index in [2.05, 4.69) is 52.7 Å². The van der Waals surface area contributed by atoms with Crippen LogP contribution in [0, 0.1) is 11.8 Å². The number of ether oxygens (including phenoxy) is 1. The number of phenols is 1. The largest absolute Gasteiger partial charge is 0.508 e. The van der Waals surface area contributed by atoms with Gasteiger partial charge >= 0.3 is 0 Å². The molecule has 2 heterocycles. The van der Waals surface area contributed by atoms with E-state index in [9.17, 15) is 10.2 Å². The van der Waals surface area contributed by atoms with Crippen LogP contribution in [-0.2, 0) is 0 Å². The lowest BCUT2D eigenvalue weighted by atomic mass is 9.85. The summed E-state index contributed by atoms with van der Waals surface area (Å²) >= 11 is 0. The number of hydrogen-bond acceptors (Lipinski definition) is 5. The van der Waals surface area contributed by atoms with E-state index in [0.29, 0.717) is 13.0 Å². The monoisotopic (exact) mass is 486 g/mol. The number of aliphatic hydroxyl groups is 1. The summed E-state index contributed by atoms with van der Waals surface area (Å²) in [5.41, 5.74) is 5.77. The molecule has 2 fully saturated rings. The maximum atomic E-state index is 9.89. The van der Waals surface area contributed by atoms with E-state index in [1.54, 1.807) is 12.1 Å². The van der Waals surface area contributed by atoms with Gasteiger partial charge in [0.05, 0.1) is 0 Å². The summed E-state index contributed by atoms with van der Waals surface area (Å²) in [6.45, 7) is 6.51. The molecule has 36 heavy (non-hydrogen) atoms. The Bertz CT molecular complexity index is 1090. The molecule has 0 unspecified atom stereocenters. The summed E-state index contributed by atoms with van der Waals surface area (Å²) in [6, 6.07) is 15.8. The van der Waals surface area contributed by atoms with Crippen molar-refractivity contribution < 1.29 is 14.9 Å². The lowest BCUT2D eigenvalue weighted by Crippen LogP contribution is -2.29. The van der Waals surface area contributed by atoms with Crippen molar-refractivity contribution in [2.24, 2.45) is 11.8 Å². The summed E-state index contributed by atoms with van der Waals surface area (Å²) in [5, 5.41) is 23.0. The Kier molecular flexibility index (Phi) is 8.22. The van der Waals surface area contributed by atoms with Crippen molar-refractivity contribution >= 4 is 5.57 Å². The molecular formula is C31H38N2O3. The quantitative estimate of drug-likeness (QED) is 0.451. The zero-order valence-corrected chi connectivity index (χ0v) is 21.0. The molecule has 2 atom stereocenters. The number of hydrogen-bond donors (Lipinski definition) is 3. The number of allylic oxidation sites excluding steroid dienone is 5. The molecule has 0 radical (unpaired) electrons. The van der Waals surface area contributed by atoms with Crippen LogP contribution in [0.25, 0.3) is 5.57 Å². The standard InChI is InChI=1S/C31H38N2O3/c34-17-4-7-30(23-5-2-1-3-6-23)31(24-8-12-28(35)13-9-24)25-10-14-29(15-11-25)36-18-16-33-21-26-19-32-20-27(26)22-33/h2,5-6,8-15,26-27,32,34-35H,1,3-4,7,16-22H2/b31-30-/t26-,27+. The van der Waals surface area contributed by atoms with E-state index in [1.165, 1.54) is 24.2 Å². The first-order valence-electron chi connectivity index (χ1n) is 13.4. The van der Waals surface area contributed by atoms with Crippen molar-refractivity contribution in [3.63, 3.8) is 0 Å². The van der Waals surface area contributed by atoms with Gasteiger partial charge in [0.1, 0.15) is 18.1 Å². The SMILES string of the molecule is OCCC/C(C1=CCCC=C1)=C(\c1ccc(O)cc1)c1ccc(OCCN2C[C@H]3CNC[C@H]3C2)cc1. The zero-order chi connectivity index (χ0) is 24.7. The van der Waals surface area contributed by atoms with Crippen molar-refractivity contribution in [3.05, 3.63) is 89.0 Å². The van der Waals surface area contributed by atoms with Crippen LogP contribution in [0.1, 0.15) is 36.8 Å². The Hall–Kier alpha value is -2.86. The van der Waals surface area contributed by atoms with E-state index < -0.39 is 0 Å². The second-order valence-electron chi connectivity index (χ2n) is 10.2. The Morgan fingerprint density at radius 3 is 2.28 bits per heavy atom. The Morgan fingerprint density at radius 2 is 1.64 bits per heavy atom. The Morgan fingerprint density at radius 1 is 0.944 bits per heavy atom. The lowest BCUT2D eigenvalue weighted by molar-refractivity contribution is 0.228. The minimum absolute atomic E-state index is 0.158. The highest BCUT2D eigenvalue weighted by Crippen LogP contribution is 2.36. The third-order valence-corrected chi connectivity index (χ3v) is 7.67.